The molecule has 0 saturated heterocycles. The van der Waals surface area contributed by atoms with Crippen LogP contribution in [0.15, 0.2) is 57.8 Å². The van der Waals surface area contributed by atoms with Crippen LogP contribution in [0.4, 0.5) is 5.13 Å². The third-order valence-electron chi connectivity index (χ3n) is 3.07. The molecule has 0 radical (unpaired) electrons. The van der Waals surface area contributed by atoms with Crippen molar-refractivity contribution in [2.75, 3.05) is 5.32 Å². The number of guanidine groups is 1. The van der Waals surface area contributed by atoms with Crippen molar-refractivity contribution in [2.45, 2.75) is 11.8 Å². The average Bonchev–Trinajstić information content (AvgIpc) is 2.88. The molecule has 0 amide bonds. The van der Waals surface area contributed by atoms with E-state index in [2.05, 4.69) is 14.7 Å². The molecular weight excluding hydrogens is 403 g/mol. The number of thiazole rings is 1. The number of rotatable bonds is 3. The van der Waals surface area contributed by atoms with Crippen molar-refractivity contribution in [3.63, 3.8) is 0 Å². The first-order valence-corrected chi connectivity index (χ1v) is 8.99. The minimum absolute atomic E-state index is 0. The van der Waals surface area contributed by atoms with Crippen LogP contribution >= 0.6 is 36.2 Å². The normalized spacial score (nSPS) is 11.5. The minimum Gasteiger partial charge on any atom is -0.369 e. The highest BCUT2D eigenvalue weighted by molar-refractivity contribution is 7.90. The lowest BCUT2D eigenvalue weighted by Crippen LogP contribution is -2.24. The zero-order chi connectivity index (χ0) is 16.4. The fraction of sp³-hybridized carbons (Fsp3) is 0.0667. The zero-order valence-corrected chi connectivity index (χ0v) is 16.3. The summed E-state index contributed by atoms with van der Waals surface area (Å²) in [6, 6.07) is 14.0. The van der Waals surface area contributed by atoms with E-state index >= 15 is 0 Å². The zero-order valence-electron chi connectivity index (χ0n) is 13.0. The maximum atomic E-state index is 12.2. The molecule has 2 aromatic carbocycles. The molecule has 6 nitrogen and oxygen atoms in total. The molecule has 10 heteroatoms. The van der Waals surface area contributed by atoms with Gasteiger partial charge in [-0.05, 0) is 31.2 Å². The summed E-state index contributed by atoms with van der Waals surface area (Å²) < 4.78 is 29.0. The third-order valence-corrected chi connectivity index (χ3v) is 5.32. The van der Waals surface area contributed by atoms with Crippen molar-refractivity contribution in [3.05, 3.63) is 54.1 Å². The average molecular weight is 419 g/mol. The lowest BCUT2D eigenvalue weighted by Gasteiger charge is -2.03. The molecular formula is C15H16Cl2N4O2S2. The standard InChI is InChI=1S/C15H14N4O2S2.2ClH/c1-10-6-8-11(9-7-10)23(20,21)19-14(16)18-15-17-12-4-2-3-5-13(12)22-15;;/h2-9H,1H3,(H3,16,17,18,19);2*1H. The van der Waals surface area contributed by atoms with Crippen molar-refractivity contribution >= 4 is 67.5 Å². The molecule has 3 rings (SSSR count). The fourth-order valence-electron chi connectivity index (χ4n) is 1.95. The molecule has 1 aromatic heterocycles. The van der Waals surface area contributed by atoms with E-state index in [0.29, 0.717) is 5.13 Å². The quantitative estimate of drug-likeness (QED) is 0.500. The van der Waals surface area contributed by atoms with Crippen LogP contribution in [-0.4, -0.2) is 19.4 Å². The number of aromatic nitrogens is 1. The van der Waals surface area contributed by atoms with Gasteiger partial charge in [-0.15, -0.1) is 29.2 Å². The number of aryl methyl sites for hydroxylation is 1. The van der Waals surface area contributed by atoms with Gasteiger partial charge in [-0.3, -0.25) is 0 Å². The first-order valence-electron chi connectivity index (χ1n) is 6.74. The van der Waals surface area contributed by atoms with E-state index in [4.69, 9.17) is 5.73 Å². The second-order valence-electron chi connectivity index (χ2n) is 4.88. The highest BCUT2D eigenvalue weighted by Gasteiger charge is 2.14. The maximum absolute atomic E-state index is 12.2. The molecule has 0 spiro atoms. The van der Waals surface area contributed by atoms with Crippen LogP contribution in [0.25, 0.3) is 10.2 Å². The third kappa shape index (κ3) is 5.05. The number of anilines is 1. The number of sulfonamides is 1. The van der Waals surface area contributed by atoms with E-state index < -0.39 is 10.0 Å². The van der Waals surface area contributed by atoms with Gasteiger partial charge in [0.15, 0.2) is 5.13 Å². The minimum atomic E-state index is -3.85. The smallest absolute Gasteiger partial charge is 0.285 e. The van der Waals surface area contributed by atoms with E-state index in [-0.39, 0.29) is 35.7 Å². The largest absolute Gasteiger partial charge is 0.369 e. The number of para-hydroxylation sites is 1. The summed E-state index contributed by atoms with van der Waals surface area (Å²) in [7, 11) is -3.85. The molecule has 0 saturated carbocycles. The summed E-state index contributed by atoms with van der Waals surface area (Å²) in [5, 5.41) is 3.22. The Hall–Kier alpha value is -1.87. The molecule has 0 aliphatic carbocycles. The summed E-state index contributed by atoms with van der Waals surface area (Å²) in [5.41, 5.74) is 7.49. The van der Waals surface area contributed by atoms with Crippen molar-refractivity contribution < 1.29 is 8.42 Å². The summed E-state index contributed by atoms with van der Waals surface area (Å²) in [6.07, 6.45) is 0. The number of nitrogens with zero attached hydrogens (tertiary/aromatic N) is 2. The van der Waals surface area contributed by atoms with Gasteiger partial charge in [-0.25, -0.2) is 4.98 Å². The van der Waals surface area contributed by atoms with Crippen LogP contribution in [0.5, 0.6) is 0 Å². The van der Waals surface area contributed by atoms with Crippen molar-refractivity contribution in [1.82, 2.24) is 4.98 Å². The number of halogens is 2. The molecule has 3 aromatic rings. The van der Waals surface area contributed by atoms with E-state index in [1.807, 2.05) is 31.2 Å². The number of nitrogens with two attached hydrogens (primary N) is 1. The number of hydrogen-bond acceptors (Lipinski definition) is 4. The van der Waals surface area contributed by atoms with Gasteiger partial charge >= 0.3 is 0 Å². The first kappa shape index (κ1) is 21.2. The highest BCUT2D eigenvalue weighted by Crippen LogP contribution is 2.25. The Bertz CT molecular complexity index is 953. The van der Waals surface area contributed by atoms with Crippen molar-refractivity contribution in [2.24, 2.45) is 10.1 Å². The molecule has 0 aliphatic heterocycles. The second kappa shape index (κ2) is 8.48. The van der Waals surface area contributed by atoms with E-state index in [9.17, 15) is 8.42 Å². The molecule has 0 bridgehead atoms. The van der Waals surface area contributed by atoms with Gasteiger partial charge in [0.1, 0.15) is 0 Å². The number of nitrogens with one attached hydrogen (secondary N) is 1. The summed E-state index contributed by atoms with van der Waals surface area (Å²) in [4.78, 5) is 4.41. The molecule has 0 atom stereocenters. The van der Waals surface area contributed by atoms with Gasteiger partial charge in [0.25, 0.3) is 10.0 Å². The van der Waals surface area contributed by atoms with Gasteiger partial charge in [-0.1, -0.05) is 41.2 Å². The second-order valence-corrected chi connectivity index (χ2v) is 7.51. The highest BCUT2D eigenvalue weighted by atomic mass is 35.5. The summed E-state index contributed by atoms with van der Waals surface area (Å²) in [5.74, 6) is -0.218. The van der Waals surface area contributed by atoms with Gasteiger partial charge in [0.05, 0.1) is 15.1 Å². The Balaban J connectivity index is 0.00000156. The van der Waals surface area contributed by atoms with E-state index in [1.165, 1.54) is 23.5 Å². The van der Waals surface area contributed by atoms with Gasteiger partial charge in [0.2, 0.25) is 5.96 Å². The predicted octanol–water partition coefficient (Wildman–Crippen LogP) is 3.56. The van der Waals surface area contributed by atoms with Crippen LogP contribution in [0.3, 0.4) is 0 Å². The Morgan fingerprint density at radius 1 is 1.12 bits per heavy atom. The number of hydrogen-bond donors (Lipinski definition) is 2. The first-order chi connectivity index (χ1) is 10.9. The van der Waals surface area contributed by atoms with Crippen molar-refractivity contribution in [3.8, 4) is 0 Å². The topological polar surface area (TPSA) is 97.4 Å². The summed E-state index contributed by atoms with van der Waals surface area (Å²) in [6.45, 7) is 1.88. The van der Waals surface area contributed by atoms with E-state index in [0.717, 1.165) is 15.8 Å². The van der Waals surface area contributed by atoms with Gasteiger partial charge < -0.3 is 11.1 Å². The molecule has 134 valence electrons. The Labute approximate surface area is 162 Å². The van der Waals surface area contributed by atoms with Crippen LogP contribution in [0.2, 0.25) is 0 Å². The SMILES string of the molecule is Cc1ccc(S(=O)(=O)N=C(N)Nc2nc3ccccc3s2)cc1.Cl.Cl. The molecule has 3 N–H and O–H groups in total. The lowest BCUT2D eigenvalue weighted by atomic mass is 10.2. The number of fused-ring (bicyclic) bond motifs is 1. The van der Waals surface area contributed by atoms with E-state index in [1.54, 1.807) is 12.1 Å². The van der Waals surface area contributed by atoms with Gasteiger partial charge in [0, 0.05) is 0 Å². The Kier molecular flexibility index (Phi) is 7.18. The van der Waals surface area contributed by atoms with Crippen LogP contribution in [0.1, 0.15) is 5.56 Å². The van der Waals surface area contributed by atoms with Crippen molar-refractivity contribution in [1.29, 1.82) is 0 Å². The molecule has 25 heavy (non-hydrogen) atoms. The summed E-state index contributed by atoms with van der Waals surface area (Å²) >= 11 is 1.37. The molecule has 0 fully saturated rings. The van der Waals surface area contributed by atoms with Crippen LogP contribution in [0, 0.1) is 6.92 Å². The fourth-order valence-corrected chi connectivity index (χ4v) is 3.71. The van der Waals surface area contributed by atoms with Gasteiger partial charge in [-0.2, -0.15) is 8.42 Å². The number of benzene rings is 2. The lowest BCUT2D eigenvalue weighted by molar-refractivity contribution is 0.598. The Morgan fingerprint density at radius 3 is 2.40 bits per heavy atom. The Morgan fingerprint density at radius 2 is 1.76 bits per heavy atom. The molecule has 0 aliphatic rings. The molecule has 0 unspecified atom stereocenters. The predicted molar refractivity (Wildman–Crippen MR) is 108 cm³/mol. The maximum Gasteiger partial charge on any atom is 0.285 e. The van der Waals surface area contributed by atoms with Crippen LogP contribution < -0.4 is 11.1 Å². The molecule has 1 heterocycles. The monoisotopic (exact) mass is 418 g/mol. The van der Waals surface area contributed by atoms with Crippen LogP contribution in [-0.2, 0) is 10.0 Å².